The average Bonchev–Trinajstić information content (AvgIpc) is 2.68. The zero-order chi connectivity index (χ0) is 18.5. The highest BCUT2D eigenvalue weighted by atomic mass is 16.5. The van der Waals surface area contributed by atoms with Crippen LogP contribution >= 0.6 is 0 Å². The highest BCUT2D eigenvalue weighted by molar-refractivity contribution is 6.05. The lowest BCUT2D eigenvalue weighted by atomic mass is 10.1. The van der Waals surface area contributed by atoms with Gasteiger partial charge in [0.1, 0.15) is 17.3 Å². The molecule has 2 aromatic heterocycles. The zero-order valence-electron chi connectivity index (χ0n) is 14.3. The second kappa shape index (κ2) is 7.47. The molecule has 1 aromatic carbocycles. The second-order valence-corrected chi connectivity index (χ2v) is 5.25. The Morgan fingerprint density at radius 1 is 1.04 bits per heavy atom. The van der Waals surface area contributed by atoms with Crippen LogP contribution in [-0.2, 0) is 0 Å². The van der Waals surface area contributed by atoms with E-state index < -0.39 is 5.91 Å². The number of carbonyl (C=O) groups is 1. The molecular formula is C18H17N5O3. The van der Waals surface area contributed by atoms with Crippen molar-refractivity contribution >= 4 is 17.5 Å². The van der Waals surface area contributed by atoms with E-state index in [0.717, 1.165) is 5.56 Å². The zero-order valence-corrected chi connectivity index (χ0v) is 14.3. The Bertz CT molecular complexity index is 923. The molecule has 0 unspecified atom stereocenters. The first kappa shape index (κ1) is 17.2. The molecule has 0 fully saturated rings. The third kappa shape index (κ3) is 3.69. The number of benzene rings is 1. The SMILES string of the molecule is COc1cc(OC)cc(-c2cccc(NC(=O)c3nccnc3N)n2)c1. The van der Waals surface area contributed by atoms with Gasteiger partial charge in [-0.1, -0.05) is 6.07 Å². The summed E-state index contributed by atoms with van der Waals surface area (Å²) in [4.78, 5) is 24.6. The first-order valence-corrected chi connectivity index (χ1v) is 7.69. The molecule has 3 aromatic rings. The fourth-order valence-corrected chi connectivity index (χ4v) is 2.32. The summed E-state index contributed by atoms with van der Waals surface area (Å²) in [7, 11) is 3.15. The van der Waals surface area contributed by atoms with Crippen LogP contribution in [0.1, 0.15) is 10.5 Å². The summed E-state index contributed by atoms with van der Waals surface area (Å²) < 4.78 is 10.6. The van der Waals surface area contributed by atoms with E-state index in [-0.39, 0.29) is 11.5 Å². The minimum absolute atomic E-state index is 0.0442. The maximum atomic E-state index is 12.3. The van der Waals surface area contributed by atoms with E-state index in [1.54, 1.807) is 32.4 Å². The van der Waals surface area contributed by atoms with E-state index in [4.69, 9.17) is 15.2 Å². The van der Waals surface area contributed by atoms with Crippen molar-refractivity contribution in [3.8, 4) is 22.8 Å². The van der Waals surface area contributed by atoms with Gasteiger partial charge in [-0.15, -0.1) is 0 Å². The summed E-state index contributed by atoms with van der Waals surface area (Å²) in [5.41, 5.74) is 7.16. The van der Waals surface area contributed by atoms with Gasteiger partial charge in [-0.05, 0) is 24.3 Å². The topological polar surface area (TPSA) is 112 Å². The Hall–Kier alpha value is -3.68. The van der Waals surface area contributed by atoms with Gasteiger partial charge in [0.25, 0.3) is 5.91 Å². The summed E-state index contributed by atoms with van der Waals surface area (Å²) in [6.45, 7) is 0. The average molecular weight is 351 g/mol. The minimum Gasteiger partial charge on any atom is -0.497 e. The van der Waals surface area contributed by atoms with Gasteiger partial charge in [-0.25, -0.2) is 15.0 Å². The number of hydrogen-bond donors (Lipinski definition) is 2. The van der Waals surface area contributed by atoms with Gasteiger partial charge < -0.3 is 20.5 Å². The maximum absolute atomic E-state index is 12.3. The predicted octanol–water partition coefficient (Wildman–Crippen LogP) is 2.39. The Balaban J connectivity index is 1.89. The van der Waals surface area contributed by atoms with Crippen molar-refractivity contribution in [1.82, 2.24) is 15.0 Å². The molecule has 2 heterocycles. The molecule has 132 valence electrons. The molecule has 0 radical (unpaired) electrons. The van der Waals surface area contributed by atoms with Crippen LogP contribution in [0.5, 0.6) is 11.5 Å². The summed E-state index contributed by atoms with van der Waals surface area (Å²) in [6, 6.07) is 10.7. The number of nitrogens with zero attached hydrogens (tertiary/aromatic N) is 3. The largest absolute Gasteiger partial charge is 0.497 e. The normalized spacial score (nSPS) is 10.2. The molecule has 26 heavy (non-hydrogen) atoms. The van der Waals surface area contributed by atoms with E-state index in [2.05, 4.69) is 20.3 Å². The predicted molar refractivity (Wildman–Crippen MR) is 97.2 cm³/mol. The Morgan fingerprint density at radius 2 is 1.73 bits per heavy atom. The van der Waals surface area contributed by atoms with Crippen molar-refractivity contribution in [2.24, 2.45) is 0 Å². The van der Waals surface area contributed by atoms with Crippen molar-refractivity contribution in [2.75, 3.05) is 25.3 Å². The lowest BCUT2D eigenvalue weighted by molar-refractivity contribution is 0.102. The Labute approximate surface area is 150 Å². The number of rotatable bonds is 5. The number of nitrogens with two attached hydrogens (primary N) is 1. The molecule has 8 nitrogen and oxygen atoms in total. The number of hydrogen-bond acceptors (Lipinski definition) is 7. The minimum atomic E-state index is -0.483. The van der Waals surface area contributed by atoms with Gasteiger partial charge in [0, 0.05) is 24.0 Å². The van der Waals surface area contributed by atoms with Crippen LogP contribution in [0.25, 0.3) is 11.3 Å². The molecule has 0 saturated heterocycles. The van der Waals surface area contributed by atoms with Gasteiger partial charge in [0.2, 0.25) is 0 Å². The van der Waals surface area contributed by atoms with Crippen LogP contribution in [0, 0.1) is 0 Å². The summed E-state index contributed by atoms with van der Waals surface area (Å²) in [5, 5.41) is 2.67. The lowest BCUT2D eigenvalue weighted by Crippen LogP contribution is -2.17. The molecule has 0 atom stereocenters. The molecule has 0 saturated carbocycles. The smallest absolute Gasteiger partial charge is 0.279 e. The molecule has 0 aliphatic heterocycles. The molecule has 0 spiro atoms. The molecule has 3 N–H and O–H groups in total. The van der Waals surface area contributed by atoms with Crippen molar-refractivity contribution in [3.63, 3.8) is 0 Å². The lowest BCUT2D eigenvalue weighted by Gasteiger charge is -2.10. The van der Waals surface area contributed by atoms with E-state index in [1.165, 1.54) is 12.4 Å². The molecule has 3 rings (SSSR count). The molecule has 1 amide bonds. The second-order valence-electron chi connectivity index (χ2n) is 5.25. The van der Waals surface area contributed by atoms with E-state index in [0.29, 0.717) is 23.0 Å². The third-order valence-corrected chi connectivity index (χ3v) is 3.58. The molecule has 8 heteroatoms. The van der Waals surface area contributed by atoms with Crippen LogP contribution in [0.4, 0.5) is 11.6 Å². The highest BCUT2D eigenvalue weighted by Crippen LogP contribution is 2.29. The fraction of sp³-hybridized carbons (Fsp3) is 0.111. The van der Waals surface area contributed by atoms with E-state index >= 15 is 0 Å². The van der Waals surface area contributed by atoms with Crippen molar-refractivity contribution in [1.29, 1.82) is 0 Å². The molecule has 0 aliphatic rings. The number of aromatic nitrogens is 3. The first-order chi connectivity index (χ1) is 12.6. The number of anilines is 2. The van der Waals surface area contributed by atoms with Gasteiger partial charge in [0.05, 0.1) is 19.9 Å². The fourth-order valence-electron chi connectivity index (χ4n) is 2.32. The van der Waals surface area contributed by atoms with Crippen LogP contribution < -0.4 is 20.5 Å². The standard InChI is InChI=1S/C18H17N5O3/c1-25-12-8-11(9-13(10-12)26-2)14-4-3-5-15(22-14)23-18(24)16-17(19)21-7-6-20-16/h3-10H,1-2H3,(H2,19,21)(H,22,23,24). The maximum Gasteiger partial charge on any atom is 0.279 e. The van der Waals surface area contributed by atoms with Crippen LogP contribution in [-0.4, -0.2) is 35.1 Å². The van der Waals surface area contributed by atoms with Gasteiger partial charge in [-0.2, -0.15) is 0 Å². The van der Waals surface area contributed by atoms with Crippen molar-refractivity contribution in [3.05, 3.63) is 54.5 Å². The Kier molecular flexibility index (Phi) is 4.93. The third-order valence-electron chi connectivity index (χ3n) is 3.58. The van der Waals surface area contributed by atoms with Crippen LogP contribution in [0.15, 0.2) is 48.8 Å². The van der Waals surface area contributed by atoms with Crippen molar-refractivity contribution in [2.45, 2.75) is 0 Å². The summed E-state index contributed by atoms with van der Waals surface area (Å²) in [6.07, 6.45) is 2.82. The van der Waals surface area contributed by atoms with E-state index in [1.807, 2.05) is 18.2 Å². The molecule has 0 bridgehead atoms. The number of methoxy groups -OCH3 is 2. The quantitative estimate of drug-likeness (QED) is 0.725. The number of nitrogens with one attached hydrogen (secondary N) is 1. The number of amides is 1. The summed E-state index contributed by atoms with van der Waals surface area (Å²) in [5.74, 6) is 1.22. The van der Waals surface area contributed by atoms with Gasteiger partial charge >= 0.3 is 0 Å². The Morgan fingerprint density at radius 3 is 2.38 bits per heavy atom. The monoisotopic (exact) mass is 351 g/mol. The van der Waals surface area contributed by atoms with Crippen LogP contribution in [0.2, 0.25) is 0 Å². The number of ether oxygens (including phenoxy) is 2. The number of carbonyl (C=O) groups excluding carboxylic acids is 1. The van der Waals surface area contributed by atoms with Gasteiger partial charge in [-0.3, -0.25) is 4.79 Å². The summed E-state index contributed by atoms with van der Waals surface area (Å²) >= 11 is 0. The number of nitrogen functional groups attached to an aromatic ring is 1. The van der Waals surface area contributed by atoms with Gasteiger partial charge in [0.15, 0.2) is 11.5 Å². The van der Waals surface area contributed by atoms with E-state index in [9.17, 15) is 4.79 Å². The molecular weight excluding hydrogens is 334 g/mol. The van der Waals surface area contributed by atoms with Crippen LogP contribution in [0.3, 0.4) is 0 Å². The first-order valence-electron chi connectivity index (χ1n) is 7.69. The highest BCUT2D eigenvalue weighted by Gasteiger charge is 2.13. The number of pyridine rings is 1. The molecule has 0 aliphatic carbocycles. The van der Waals surface area contributed by atoms with Crippen molar-refractivity contribution < 1.29 is 14.3 Å².